The molecule has 0 aliphatic heterocycles. The first-order chi connectivity index (χ1) is 7.90. The van der Waals surface area contributed by atoms with Crippen LogP contribution in [0.5, 0.6) is 0 Å². The fourth-order valence-electron chi connectivity index (χ4n) is 1.41. The number of carboxylic acids is 2. The molecule has 0 aromatic heterocycles. The maximum absolute atomic E-state index is 10.6. The Bertz CT molecular complexity index is 482. The van der Waals surface area contributed by atoms with Crippen molar-refractivity contribution in [2.24, 2.45) is 0 Å². The molecule has 0 aliphatic carbocycles. The van der Waals surface area contributed by atoms with Crippen LogP contribution in [0.15, 0.2) is 18.2 Å². The van der Waals surface area contributed by atoms with Gasteiger partial charge in [-0.25, -0.2) is 0 Å². The van der Waals surface area contributed by atoms with Gasteiger partial charge in [-0.3, -0.25) is 19.7 Å². The van der Waals surface area contributed by atoms with Crippen LogP contribution < -0.4 is 0 Å². The molecule has 7 heteroatoms. The van der Waals surface area contributed by atoms with Gasteiger partial charge in [-0.1, -0.05) is 6.07 Å². The van der Waals surface area contributed by atoms with E-state index >= 15 is 0 Å². The van der Waals surface area contributed by atoms with E-state index in [1.54, 1.807) is 0 Å². The average molecular weight is 239 g/mol. The maximum Gasteiger partial charge on any atom is 0.308 e. The molecule has 7 nitrogen and oxygen atoms in total. The number of nitro benzene ring substituents is 1. The minimum atomic E-state index is -1.21. The van der Waals surface area contributed by atoms with E-state index in [-0.39, 0.29) is 17.7 Å². The van der Waals surface area contributed by atoms with E-state index in [2.05, 4.69) is 0 Å². The lowest BCUT2D eigenvalue weighted by Gasteiger charge is -2.03. The lowest BCUT2D eigenvalue weighted by molar-refractivity contribution is -0.385. The molecule has 0 fully saturated rings. The van der Waals surface area contributed by atoms with Gasteiger partial charge >= 0.3 is 11.9 Å². The summed E-state index contributed by atoms with van der Waals surface area (Å²) in [5.74, 6) is -2.29. The van der Waals surface area contributed by atoms with Gasteiger partial charge in [0.25, 0.3) is 5.69 Å². The van der Waals surface area contributed by atoms with Crippen molar-refractivity contribution in [1.29, 1.82) is 0 Å². The summed E-state index contributed by atoms with van der Waals surface area (Å²) in [7, 11) is 0. The first kappa shape index (κ1) is 12.6. The molecule has 0 bridgehead atoms. The largest absolute Gasteiger partial charge is 0.481 e. The summed E-state index contributed by atoms with van der Waals surface area (Å²) in [6.45, 7) is 0. The highest BCUT2D eigenvalue weighted by Crippen LogP contribution is 2.21. The molecular weight excluding hydrogens is 230 g/mol. The molecule has 0 aliphatic rings. The predicted octanol–water partition coefficient (Wildman–Crippen LogP) is 0.849. The third kappa shape index (κ3) is 3.56. The van der Waals surface area contributed by atoms with E-state index in [0.29, 0.717) is 5.56 Å². The molecule has 0 unspecified atom stereocenters. The third-order valence-electron chi connectivity index (χ3n) is 2.04. The predicted molar refractivity (Wildman–Crippen MR) is 55.8 cm³/mol. The van der Waals surface area contributed by atoms with Gasteiger partial charge in [-0.15, -0.1) is 0 Å². The summed E-state index contributed by atoms with van der Waals surface area (Å²) in [6, 6.07) is 3.66. The highest BCUT2D eigenvalue weighted by molar-refractivity contribution is 5.73. The van der Waals surface area contributed by atoms with Crippen molar-refractivity contribution < 1.29 is 24.7 Å². The minimum Gasteiger partial charge on any atom is -0.481 e. The lowest BCUT2D eigenvalue weighted by atomic mass is 10.0. The molecule has 2 N–H and O–H groups in total. The third-order valence-corrected chi connectivity index (χ3v) is 2.04. The minimum absolute atomic E-state index is 0.00116. The van der Waals surface area contributed by atoms with Gasteiger partial charge in [0.05, 0.1) is 17.8 Å². The summed E-state index contributed by atoms with van der Waals surface area (Å²) in [4.78, 5) is 31.0. The molecule has 0 radical (unpaired) electrons. The van der Waals surface area contributed by atoms with Crippen LogP contribution in [-0.4, -0.2) is 27.1 Å². The second-order valence-corrected chi connectivity index (χ2v) is 3.36. The topological polar surface area (TPSA) is 118 Å². The Labute approximate surface area is 95.5 Å². The molecule has 0 saturated heterocycles. The van der Waals surface area contributed by atoms with Crippen molar-refractivity contribution in [2.75, 3.05) is 0 Å². The Morgan fingerprint density at radius 1 is 1.18 bits per heavy atom. The first-order valence-corrected chi connectivity index (χ1v) is 4.60. The van der Waals surface area contributed by atoms with Crippen molar-refractivity contribution in [3.63, 3.8) is 0 Å². The summed E-state index contributed by atoms with van der Waals surface area (Å²) in [5, 5.41) is 27.8. The normalized spacial score (nSPS) is 9.88. The number of hydrogen-bond acceptors (Lipinski definition) is 4. The Kier molecular flexibility index (Phi) is 3.76. The van der Waals surface area contributed by atoms with Gasteiger partial charge in [0.15, 0.2) is 0 Å². The summed E-state index contributed by atoms with van der Waals surface area (Å²) < 4.78 is 0. The fourth-order valence-corrected chi connectivity index (χ4v) is 1.41. The molecule has 0 atom stereocenters. The first-order valence-electron chi connectivity index (χ1n) is 4.60. The van der Waals surface area contributed by atoms with E-state index < -0.39 is 23.3 Å². The fraction of sp³-hybridized carbons (Fsp3) is 0.200. The molecule has 0 spiro atoms. The van der Waals surface area contributed by atoms with E-state index in [9.17, 15) is 19.7 Å². The van der Waals surface area contributed by atoms with Gasteiger partial charge in [-0.2, -0.15) is 0 Å². The molecule has 0 saturated carbocycles. The molecule has 0 amide bonds. The van der Waals surface area contributed by atoms with Gasteiger partial charge in [0.1, 0.15) is 0 Å². The Balaban J connectivity index is 3.13. The van der Waals surface area contributed by atoms with Crippen LogP contribution >= 0.6 is 0 Å². The van der Waals surface area contributed by atoms with Crippen LogP contribution in [0.3, 0.4) is 0 Å². The standard InChI is InChI=1S/C10H9NO6/c12-9(13)4-6-1-2-8(11(16)17)7(3-6)5-10(14)15/h1-3H,4-5H2,(H,12,13)(H,14,15). The van der Waals surface area contributed by atoms with Crippen LogP contribution in [0.1, 0.15) is 11.1 Å². The van der Waals surface area contributed by atoms with Crippen molar-refractivity contribution in [3.05, 3.63) is 39.4 Å². The molecule has 17 heavy (non-hydrogen) atoms. The van der Waals surface area contributed by atoms with Gasteiger partial charge in [0, 0.05) is 11.6 Å². The van der Waals surface area contributed by atoms with Crippen LogP contribution in [0, 0.1) is 10.1 Å². The second kappa shape index (κ2) is 5.06. The highest BCUT2D eigenvalue weighted by atomic mass is 16.6. The van der Waals surface area contributed by atoms with Gasteiger partial charge in [0.2, 0.25) is 0 Å². The van der Waals surface area contributed by atoms with E-state index in [4.69, 9.17) is 10.2 Å². The number of carboxylic acid groups (broad SMARTS) is 2. The van der Waals surface area contributed by atoms with Crippen LogP contribution in [0.25, 0.3) is 0 Å². The van der Waals surface area contributed by atoms with Crippen molar-refractivity contribution in [3.8, 4) is 0 Å². The lowest BCUT2D eigenvalue weighted by Crippen LogP contribution is -2.06. The number of hydrogen-bond donors (Lipinski definition) is 2. The van der Waals surface area contributed by atoms with Crippen molar-refractivity contribution in [1.82, 2.24) is 0 Å². The van der Waals surface area contributed by atoms with Crippen LogP contribution in [0.4, 0.5) is 5.69 Å². The quantitative estimate of drug-likeness (QED) is 0.580. The van der Waals surface area contributed by atoms with Gasteiger partial charge in [-0.05, 0) is 11.6 Å². The van der Waals surface area contributed by atoms with E-state index in [0.717, 1.165) is 6.07 Å². The SMILES string of the molecule is O=C(O)Cc1ccc([N+](=O)[O-])c(CC(=O)O)c1. The number of rotatable bonds is 5. The van der Waals surface area contributed by atoms with Crippen LogP contribution in [-0.2, 0) is 22.4 Å². The maximum atomic E-state index is 10.6. The second-order valence-electron chi connectivity index (χ2n) is 3.36. The van der Waals surface area contributed by atoms with Gasteiger partial charge < -0.3 is 10.2 Å². The molecule has 90 valence electrons. The monoisotopic (exact) mass is 239 g/mol. The summed E-state index contributed by atoms with van der Waals surface area (Å²) in [5.41, 5.74) is 0.0159. The summed E-state index contributed by atoms with van der Waals surface area (Å²) >= 11 is 0. The molecule has 1 aromatic rings. The van der Waals surface area contributed by atoms with E-state index in [1.807, 2.05) is 0 Å². The zero-order chi connectivity index (χ0) is 13.0. The molecule has 1 rings (SSSR count). The number of nitro groups is 1. The Hall–Kier alpha value is -2.44. The highest BCUT2D eigenvalue weighted by Gasteiger charge is 2.17. The zero-order valence-corrected chi connectivity index (χ0v) is 8.62. The summed E-state index contributed by atoms with van der Waals surface area (Å²) in [6.07, 6.45) is -0.811. The molecule has 1 aromatic carbocycles. The van der Waals surface area contributed by atoms with Crippen LogP contribution in [0.2, 0.25) is 0 Å². The number of carbonyl (C=O) groups is 2. The smallest absolute Gasteiger partial charge is 0.308 e. The number of nitrogens with zero attached hydrogens (tertiary/aromatic N) is 1. The Morgan fingerprint density at radius 3 is 2.24 bits per heavy atom. The Morgan fingerprint density at radius 2 is 1.76 bits per heavy atom. The number of aliphatic carboxylic acids is 2. The zero-order valence-electron chi connectivity index (χ0n) is 8.62. The molecular formula is C10H9NO6. The van der Waals surface area contributed by atoms with E-state index in [1.165, 1.54) is 12.1 Å². The average Bonchev–Trinajstić information content (AvgIpc) is 2.15. The number of benzene rings is 1. The van der Waals surface area contributed by atoms with Crippen molar-refractivity contribution >= 4 is 17.6 Å². The molecule has 0 heterocycles. The van der Waals surface area contributed by atoms with Crippen molar-refractivity contribution in [2.45, 2.75) is 12.8 Å².